The summed E-state index contributed by atoms with van der Waals surface area (Å²) in [4.78, 5) is 62.3. The van der Waals surface area contributed by atoms with Crippen LogP contribution in [0.15, 0.2) is 45.3 Å². The molecule has 2 rings (SSSR count). The monoisotopic (exact) mass is 742 g/mol. The molecule has 0 fully saturated rings. The molecule has 0 atom stereocenters. The molecule has 2 heterocycles. The minimum atomic E-state index is -4.82. The van der Waals surface area contributed by atoms with E-state index in [1.807, 2.05) is 0 Å². The predicted octanol–water partition coefficient (Wildman–Crippen LogP) is -11.5. The number of allylic oxidation sites excluding steroid dienone is 4. The molecule has 228 valence electrons. The third-order valence-electron chi connectivity index (χ3n) is 6.08. The standard InChI is InChI=1S/C24H28N4O12S2.3K/c1-12(4-6-15-13(2)17(19(25)29)23(33)27(21(15)31)8-10-41(35,36)37)5-7-16-14(3)18(20(26)30)24(34)28(22(16)32)9-11-42(38,39)40;;;/h4-7,31H,8-11H2,1-3H3,(H2,25,29)(H2,26,30)(H,35,36,37)(H,38,39,40);;;/q;3*+1/p-3/b6-4?,12-5?,16-7-;;;. The molecule has 45 heavy (non-hydrogen) atoms. The maximum absolute atomic E-state index is 12.9. The van der Waals surface area contributed by atoms with Crippen LogP contribution in [0.2, 0.25) is 0 Å². The van der Waals surface area contributed by atoms with Gasteiger partial charge < -0.3 is 30.2 Å². The maximum atomic E-state index is 12.9. The van der Waals surface area contributed by atoms with E-state index in [0.717, 1.165) is 0 Å². The van der Waals surface area contributed by atoms with Crippen LogP contribution in [-0.4, -0.2) is 77.1 Å². The fourth-order valence-corrected chi connectivity index (χ4v) is 4.74. The number of carbonyl (C=O) groups is 4. The number of imide groups is 1. The van der Waals surface area contributed by atoms with Crippen LogP contribution in [0.5, 0.6) is 5.88 Å². The molecule has 1 aromatic heterocycles. The Morgan fingerprint density at radius 2 is 1.38 bits per heavy atom. The first-order valence-corrected chi connectivity index (χ1v) is 14.9. The van der Waals surface area contributed by atoms with E-state index >= 15 is 0 Å². The SMILES string of the molecule is CC(C=Cc1c(C)c(C(N)=O)c(=O)n(CCS(=O)(=O)[O-])c1[O-])=C/C=C1\C(=O)N(CCS(=O)(=O)[O-])C(=O)C(C(N)=O)=C1C.[K+].[K+].[K+]. The van der Waals surface area contributed by atoms with Crippen LogP contribution in [0.3, 0.4) is 0 Å². The van der Waals surface area contributed by atoms with Crippen molar-refractivity contribution in [2.45, 2.75) is 27.3 Å². The molecule has 0 unspecified atom stereocenters. The smallest absolute Gasteiger partial charge is 0.860 e. The molecule has 21 heteroatoms. The molecular formula is C24H25K3N4O12S2. The number of rotatable bonds is 11. The topological polar surface area (TPSA) is 283 Å². The maximum Gasteiger partial charge on any atom is 1.00 e. The Balaban J connectivity index is 0. The van der Waals surface area contributed by atoms with Crippen molar-refractivity contribution in [3.8, 4) is 5.88 Å². The molecule has 4 amide bonds. The second-order valence-electron chi connectivity index (χ2n) is 9.01. The molecule has 0 spiro atoms. The minimum Gasteiger partial charge on any atom is -0.860 e. The molecule has 0 bridgehead atoms. The van der Waals surface area contributed by atoms with Gasteiger partial charge in [-0.1, -0.05) is 23.8 Å². The van der Waals surface area contributed by atoms with Crippen LogP contribution in [0, 0.1) is 6.92 Å². The number of hydrogen-bond donors (Lipinski definition) is 2. The molecule has 1 aliphatic rings. The summed E-state index contributed by atoms with van der Waals surface area (Å²) in [5.41, 5.74) is 7.79. The minimum absolute atomic E-state index is 0. The Kier molecular flexibility index (Phi) is 20.8. The molecule has 0 saturated heterocycles. The van der Waals surface area contributed by atoms with Crippen molar-refractivity contribution < 1.29 is 204 Å². The number of hydrogen-bond acceptors (Lipinski definition) is 12. The van der Waals surface area contributed by atoms with Crippen LogP contribution < -0.4 is 176 Å². The van der Waals surface area contributed by atoms with Gasteiger partial charge in [0.25, 0.3) is 29.2 Å². The molecule has 0 saturated carbocycles. The Hall–Kier alpha value is 0.519. The van der Waals surface area contributed by atoms with Gasteiger partial charge in [-0.15, -0.1) is 0 Å². The molecule has 1 aliphatic heterocycles. The average molecular weight is 743 g/mol. The zero-order valence-corrected chi connectivity index (χ0v) is 36.4. The van der Waals surface area contributed by atoms with E-state index in [0.29, 0.717) is 15.0 Å². The van der Waals surface area contributed by atoms with Gasteiger partial charge in [0.05, 0.1) is 31.7 Å². The van der Waals surface area contributed by atoms with E-state index in [4.69, 9.17) is 11.5 Å². The first kappa shape index (κ1) is 47.6. The van der Waals surface area contributed by atoms with Gasteiger partial charge in [-0.3, -0.25) is 28.9 Å². The van der Waals surface area contributed by atoms with Gasteiger partial charge >= 0.3 is 154 Å². The largest absolute Gasteiger partial charge is 1.00 e. The number of carbonyl (C=O) groups excluding carboxylic acids is 4. The third kappa shape index (κ3) is 13.1. The van der Waals surface area contributed by atoms with Crippen LogP contribution in [0.1, 0.15) is 35.3 Å². The summed E-state index contributed by atoms with van der Waals surface area (Å²) in [7, 11) is -9.64. The second-order valence-corrected chi connectivity index (χ2v) is 12.1. The number of primary amides is 2. The first-order valence-electron chi connectivity index (χ1n) is 11.7. The van der Waals surface area contributed by atoms with Crippen molar-refractivity contribution in [2.75, 3.05) is 18.1 Å². The first-order chi connectivity index (χ1) is 19.2. The van der Waals surface area contributed by atoms with E-state index in [2.05, 4.69) is 0 Å². The summed E-state index contributed by atoms with van der Waals surface area (Å²) < 4.78 is 66.6. The predicted molar refractivity (Wildman–Crippen MR) is 142 cm³/mol. The fraction of sp³-hybridized carbons (Fsp3) is 0.292. The third-order valence-corrected chi connectivity index (χ3v) is 7.44. The van der Waals surface area contributed by atoms with E-state index < -0.39 is 91.0 Å². The number of amides is 4. The van der Waals surface area contributed by atoms with E-state index in [-0.39, 0.29) is 176 Å². The number of aromatic nitrogens is 1. The van der Waals surface area contributed by atoms with Gasteiger partial charge in [0.1, 0.15) is 11.1 Å². The van der Waals surface area contributed by atoms with Gasteiger partial charge in [0.15, 0.2) is 0 Å². The Morgan fingerprint density at radius 3 is 1.84 bits per heavy atom. The Morgan fingerprint density at radius 1 is 0.867 bits per heavy atom. The molecule has 0 aromatic carbocycles. The summed E-state index contributed by atoms with van der Waals surface area (Å²) in [6.45, 7) is 2.34. The zero-order chi connectivity index (χ0) is 32.3. The van der Waals surface area contributed by atoms with Crippen LogP contribution in [-0.2, 0) is 41.2 Å². The van der Waals surface area contributed by atoms with Crippen molar-refractivity contribution >= 4 is 49.9 Å². The Bertz CT molecular complexity index is 1790. The van der Waals surface area contributed by atoms with Gasteiger partial charge in [-0.2, -0.15) is 0 Å². The summed E-state index contributed by atoms with van der Waals surface area (Å²) in [6, 6.07) is 0. The van der Waals surface area contributed by atoms with Gasteiger partial charge in [-0.25, -0.2) is 16.8 Å². The van der Waals surface area contributed by atoms with E-state index in [9.17, 15) is 55.0 Å². The van der Waals surface area contributed by atoms with Crippen molar-refractivity contribution in [1.29, 1.82) is 0 Å². The zero-order valence-electron chi connectivity index (χ0n) is 25.4. The summed E-state index contributed by atoms with van der Waals surface area (Å²) in [6.07, 6.45) is 4.95. The summed E-state index contributed by atoms with van der Waals surface area (Å²) >= 11 is 0. The Labute approximate surface area is 386 Å². The van der Waals surface area contributed by atoms with Crippen LogP contribution >= 0.6 is 0 Å². The van der Waals surface area contributed by atoms with Crippen molar-refractivity contribution in [2.24, 2.45) is 11.5 Å². The molecule has 0 radical (unpaired) electrons. The van der Waals surface area contributed by atoms with Crippen molar-refractivity contribution in [3.63, 3.8) is 0 Å². The second kappa shape index (κ2) is 19.6. The molecule has 4 N–H and O–H groups in total. The van der Waals surface area contributed by atoms with E-state index in [1.54, 1.807) is 0 Å². The van der Waals surface area contributed by atoms with Gasteiger partial charge in [-0.05, 0) is 49.4 Å². The van der Waals surface area contributed by atoms with Crippen molar-refractivity contribution in [3.05, 3.63) is 67.6 Å². The van der Waals surface area contributed by atoms with Gasteiger partial charge in [0.2, 0.25) is 0 Å². The van der Waals surface area contributed by atoms with Crippen LogP contribution in [0.25, 0.3) is 6.08 Å². The number of nitrogens with two attached hydrogens (primary N) is 2. The quantitative estimate of drug-likeness (QED) is 0.0534. The van der Waals surface area contributed by atoms with Gasteiger partial charge in [0, 0.05) is 18.7 Å². The number of nitrogens with zero attached hydrogens (tertiary/aromatic N) is 2. The normalized spacial score (nSPS) is 15.1. The molecule has 16 nitrogen and oxygen atoms in total. The van der Waals surface area contributed by atoms with Crippen molar-refractivity contribution in [1.82, 2.24) is 9.47 Å². The average Bonchev–Trinajstić information content (AvgIpc) is 2.81. The molecule has 0 aliphatic carbocycles. The molecular weight excluding hydrogens is 718 g/mol. The number of pyridine rings is 1. The van der Waals surface area contributed by atoms with Crippen LogP contribution in [0.4, 0.5) is 0 Å². The van der Waals surface area contributed by atoms with E-state index in [1.165, 1.54) is 45.1 Å². The molecule has 1 aromatic rings. The summed E-state index contributed by atoms with van der Waals surface area (Å²) in [5, 5.41) is 12.9. The summed E-state index contributed by atoms with van der Waals surface area (Å²) in [5.74, 6) is -7.80. The fourth-order valence-electron chi connectivity index (χ4n) is 3.93.